The maximum absolute atomic E-state index is 12.1. The SMILES string of the molecule is NC(=O)CN(CC(=O)O)C(=O)c1ncc(Cl)c(Cl)c1Cl. The molecule has 20 heavy (non-hydrogen) atoms. The predicted molar refractivity (Wildman–Crippen MR) is 72.0 cm³/mol. The summed E-state index contributed by atoms with van der Waals surface area (Å²) in [6, 6.07) is 0. The molecule has 0 aromatic carbocycles. The molecule has 108 valence electrons. The van der Waals surface area contributed by atoms with Crippen LogP contribution in [0.3, 0.4) is 0 Å². The Morgan fingerprint density at radius 1 is 1.20 bits per heavy atom. The maximum Gasteiger partial charge on any atom is 0.323 e. The molecule has 0 unspecified atom stereocenters. The second-order valence-corrected chi connectivity index (χ2v) is 4.77. The molecule has 0 aliphatic heterocycles. The van der Waals surface area contributed by atoms with Gasteiger partial charge in [0.2, 0.25) is 5.91 Å². The molecule has 1 rings (SSSR count). The molecule has 7 nitrogen and oxygen atoms in total. The number of hydrogen-bond acceptors (Lipinski definition) is 4. The van der Waals surface area contributed by atoms with E-state index in [0.29, 0.717) is 4.90 Å². The Morgan fingerprint density at radius 3 is 2.30 bits per heavy atom. The summed E-state index contributed by atoms with van der Waals surface area (Å²) in [4.78, 5) is 38.0. The molecule has 1 aromatic heterocycles. The first-order valence-electron chi connectivity index (χ1n) is 5.03. The molecular formula is C10H8Cl3N3O4. The average Bonchev–Trinajstić information content (AvgIpc) is 2.33. The first-order valence-corrected chi connectivity index (χ1v) is 6.16. The predicted octanol–water partition coefficient (Wildman–Crippen LogP) is 1.05. The quantitative estimate of drug-likeness (QED) is 0.831. The third-order valence-electron chi connectivity index (χ3n) is 2.08. The first-order chi connectivity index (χ1) is 9.23. The van der Waals surface area contributed by atoms with Crippen LogP contribution in [0.25, 0.3) is 0 Å². The average molecular weight is 341 g/mol. The lowest BCUT2D eigenvalue weighted by molar-refractivity contribution is -0.138. The molecule has 1 heterocycles. The summed E-state index contributed by atoms with van der Waals surface area (Å²) in [5.41, 5.74) is 4.63. The molecule has 0 saturated heterocycles. The fourth-order valence-corrected chi connectivity index (χ4v) is 1.85. The Balaban J connectivity index is 3.15. The van der Waals surface area contributed by atoms with Gasteiger partial charge in [-0.3, -0.25) is 14.4 Å². The van der Waals surface area contributed by atoms with Crippen LogP contribution in [0.4, 0.5) is 0 Å². The van der Waals surface area contributed by atoms with E-state index < -0.39 is 30.9 Å². The lowest BCUT2D eigenvalue weighted by Gasteiger charge is -2.19. The number of carbonyl (C=O) groups excluding carboxylic acids is 2. The zero-order chi connectivity index (χ0) is 15.4. The van der Waals surface area contributed by atoms with Gasteiger partial charge in [-0.05, 0) is 0 Å². The fraction of sp³-hybridized carbons (Fsp3) is 0.200. The van der Waals surface area contributed by atoms with Gasteiger partial charge in [0, 0.05) is 6.20 Å². The molecule has 0 saturated carbocycles. The highest BCUT2D eigenvalue weighted by molar-refractivity contribution is 6.48. The van der Waals surface area contributed by atoms with E-state index in [1.165, 1.54) is 0 Å². The van der Waals surface area contributed by atoms with Crippen LogP contribution in [0.5, 0.6) is 0 Å². The Morgan fingerprint density at radius 2 is 1.80 bits per heavy atom. The van der Waals surface area contributed by atoms with Crippen molar-refractivity contribution in [3.63, 3.8) is 0 Å². The normalized spacial score (nSPS) is 10.2. The van der Waals surface area contributed by atoms with Crippen molar-refractivity contribution < 1.29 is 19.5 Å². The molecule has 0 aliphatic rings. The molecule has 0 fully saturated rings. The molecule has 0 aliphatic carbocycles. The summed E-state index contributed by atoms with van der Waals surface area (Å²) in [7, 11) is 0. The van der Waals surface area contributed by atoms with Gasteiger partial charge < -0.3 is 15.7 Å². The number of hydrogen-bond donors (Lipinski definition) is 2. The number of aliphatic carboxylic acids is 1. The lowest BCUT2D eigenvalue weighted by atomic mass is 10.3. The van der Waals surface area contributed by atoms with E-state index in [1.807, 2.05) is 0 Å². The minimum Gasteiger partial charge on any atom is -0.480 e. The van der Waals surface area contributed by atoms with E-state index in [-0.39, 0.29) is 20.8 Å². The summed E-state index contributed by atoms with van der Waals surface area (Å²) >= 11 is 17.2. The monoisotopic (exact) mass is 339 g/mol. The van der Waals surface area contributed by atoms with Crippen molar-refractivity contribution in [1.82, 2.24) is 9.88 Å². The summed E-state index contributed by atoms with van der Waals surface area (Å²) in [5, 5.41) is 8.42. The van der Waals surface area contributed by atoms with E-state index in [1.54, 1.807) is 0 Å². The van der Waals surface area contributed by atoms with E-state index in [0.717, 1.165) is 6.20 Å². The first kappa shape index (κ1) is 16.5. The van der Waals surface area contributed by atoms with Crippen LogP contribution in [-0.2, 0) is 9.59 Å². The number of nitrogens with two attached hydrogens (primary N) is 1. The second kappa shape index (κ2) is 6.74. The summed E-state index contributed by atoms with van der Waals surface area (Å²) in [6.45, 7) is -1.33. The van der Waals surface area contributed by atoms with Crippen LogP contribution in [0.2, 0.25) is 15.1 Å². The Labute approximate surface area is 128 Å². The van der Waals surface area contributed by atoms with Gasteiger partial charge in [-0.2, -0.15) is 0 Å². The van der Waals surface area contributed by atoms with Gasteiger partial charge in [-0.1, -0.05) is 34.8 Å². The number of primary amides is 1. The molecule has 10 heteroatoms. The van der Waals surface area contributed by atoms with Gasteiger partial charge in [0.15, 0.2) is 0 Å². The van der Waals surface area contributed by atoms with Gasteiger partial charge in [-0.15, -0.1) is 0 Å². The number of rotatable bonds is 5. The minimum atomic E-state index is -1.32. The van der Waals surface area contributed by atoms with Crippen LogP contribution in [-0.4, -0.2) is 45.9 Å². The van der Waals surface area contributed by atoms with Crippen molar-refractivity contribution in [3.05, 3.63) is 27.0 Å². The number of halogens is 3. The van der Waals surface area contributed by atoms with Crippen molar-refractivity contribution >= 4 is 52.6 Å². The molecule has 0 spiro atoms. The lowest BCUT2D eigenvalue weighted by Crippen LogP contribution is -2.42. The highest BCUT2D eigenvalue weighted by atomic mass is 35.5. The number of aromatic nitrogens is 1. The highest BCUT2D eigenvalue weighted by Gasteiger charge is 2.25. The zero-order valence-electron chi connectivity index (χ0n) is 9.77. The van der Waals surface area contributed by atoms with E-state index in [4.69, 9.17) is 45.6 Å². The van der Waals surface area contributed by atoms with Gasteiger partial charge in [0.25, 0.3) is 5.91 Å². The third-order valence-corrected chi connectivity index (χ3v) is 3.32. The van der Waals surface area contributed by atoms with Crippen molar-refractivity contribution in [2.24, 2.45) is 5.73 Å². The zero-order valence-corrected chi connectivity index (χ0v) is 12.0. The van der Waals surface area contributed by atoms with Crippen LogP contribution >= 0.6 is 34.8 Å². The van der Waals surface area contributed by atoms with Crippen LogP contribution in [0.1, 0.15) is 10.5 Å². The number of carboxylic acid groups (broad SMARTS) is 1. The third kappa shape index (κ3) is 3.96. The Hall–Kier alpha value is -1.57. The van der Waals surface area contributed by atoms with E-state index >= 15 is 0 Å². The smallest absolute Gasteiger partial charge is 0.323 e. The Bertz CT molecular complexity index is 563. The van der Waals surface area contributed by atoms with Crippen LogP contribution < -0.4 is 5.73 Å². The number of amides is 2. The van der Waals surface area contributed by atoms with Gasteiger partial charge >= 0.3 is 5.97 Å². The largest absolute Gasteiger partial charge is 0.480 e. The number of nitrogens with zero attached hydrogens (tertiary/aromatic N) is 2. The van der Waals surface area contributed by atoms with Crippen LogP contribution in [0, 0.1) is 0 Å². The minimum absolute atomic E-state index is 0.0351. The highest BCUT2D eigenvalue weighted by Crippen LogP contribution is 2.31. The van der Waals surface area contributed by atoms with E-state index in [2.05, 4.69) is 4.98 Å². The van der Waals surface area contributed by atoms with Gasteiger partial charge in [-0.25, -0.2) is 4.98 Å². The number of pyridine rings is 1. The van der Waals surface area contributed by atoms with E-state index in [9.17, 15) is 14.4 Å². The van der Waals surface area contributed by atoms with Crippen molar-refractivity contribution in [3.8, 4) is 0 Å². The fourth-order valence-electron chi connectivity index (χ4n) is 1.29. The second-order valence-electron chi connectivity index (χ2n) is 3.60. The van der Waals surface area contributed by atoms with Crippen molar-refractivity contribution in [1.29, 1.82) is 0 Å². The molecule has 0 atom stereocenters. The molecule has 1 aromatic rings. The summed E-state index contributed by atoms with van der Waals surface area (Å²) in [6.07, 6.45) is 1.09. The molecule has 0 radical (unpaired) electrons. The Kier molecular flexibility index (Phi) is 5.55. The summed E-state index contributed by atoms with van der Waals surface area (Å²) < 4.78 is 0. The molecule has 2 amide bonds. The molecular weight excluding hydrogens is 332 g/mol. The topological polar surface area (TPSA) is 114 Å². The van der Waals surface area contributed by atoms with Crippen LogP contribution in [0.15, 0.2) is 6.20 Å². The van der Waals surface area contributed by atoms with Crippen molar-refractivity contribution in [2.45, 2.75) is 0 Å². The van der Waals surface area contributed by atoms with Gasteiger partial charge in [0.1, 0.15) is 18.8 Å². The maximum atomic E-state index is 12.1. The van der Waals surface area contributed by atoms with Gasteiger partial charge in [0.05, 0.1) is 15.1 Å². The van der Waals surface area contributed by atoms with Crippen molar-refractivity contribution in [2.75, 3.05) is 13.1 Å². The summed E-state index contributed by atoms with van der Waals surface area (Å²) in [5.74, 6) is -3.10. The standard InChI is InChI=1S/C10H8Cl3N3O4/c11-4-1-15-9(8(13)7(4)12)10(20)16(2-5(14)17)3-6(18)19/h1H,2-3H2,(H2,14,17)(H,18,19). The number of carboxylic acids is 1. The number of carbonyl (C=O) groups is 3. The molecule has 3 N–H and O–H groups in total. The molecule has 0 bridgehead atoms.